The highest BCUT2D eigenvalue weighted by Crippen LogP contribution is 2.45. The van der Waals surface area contributed by atoms with E-state index in [0.29, 0.717) is 44.9 Å². The van der Waals surface area contributed by atoms with E-state index in [9.17, 15) is 0 Å². The number of nitriles is 1. The van der Waals surface area contributed by atoms with Gasteiger partial charge in [0, 0.05) is 18.6 Å². The third kappa shape index (κ3) is 10.1. The van der Waals surface area contributed by atoms with Crippen molar-refractivity contribution in [2.75, 3.05) is 40.0 Å². The summed E-state index contributed by atoms with van der Waals surface area (Å²) in [5.74, 6) is 0. The molecular weight excluding hydrogens is 289 g/mol. The standard InChI is InChI=1S/C14H30N3O3P/c1-13(2)17(14(3)4)21(19-9-6-7-15)20-12-11-18-10-8-16-5/h13-14,16H,6,8-12H2,1-5H3. The number of ether oxygens (including phenoxy) is 1. The van der Waals surface area contributed by atoms with E-state index in [0.717, 1.165) is 6.54 Å². The van der Waals surface area contributed by atoms with E-state index in [4.69, 9.17) is 19.0 Å². The van der Waals surface area contributed by atoms with Crippen LogP contribution in [0.5, 0.6) is 0 Å². The van der Waals surface area contributed by atoms with Crippen molar-refractivity contribution in [1.29, 1.82) is 5.26 Å². The number of rotatable bonds is 13. The molecule has 0 radical (unpaired) electrons. The third-order valence-electron chi connectivity index (χ3n) is 2.59. The highest BCUT2D eigenvalue weighted by Gasteiger charge is 2.26. The van der Waals surface area contributed by atoms with Crippen molar-refractivity contribution in [1.82, 2.24) is 9.99 Å². The first-order valence-corrected chi connectivity index (χ1v) is 8.61. The normalized spacial score (nSPS) is 13.1. The molecule has 1 N–H and O–H groups in total. The second-order valence-electron chi connectivity index (χ2n) is 5.10. The average Bonchev–Trinajstić information content (AvgIpc) is 2.41. The minimum Gasteiger partial charge on any atom is -0.378 e. The third-order valence-corrected chi connectivity index (χ3v) is 4.70. The number of hydrogen-bond acceptors (Lipinski definition) is 6. The van der Waals surface area contributed by atoms with Crippen LogP contribution in [0.3, 0.4) is 0 Å². The van der Waals surface area contributed by atoms with Crippen LogP contribution in [0.2, 0.25) is 0 Å². The molecule has 1 atom stereocenters. The lowest BCUT2D eigenvalue weighted by Crippen LogP contribution is -2.34. The fourth-order valence-corrected chi connectivity index (χ4v) is 3.34. The molecule has 0 bridgehead atoms. The van der Waals surface area contributed by atoms with Gasteiger partial charge in [-0.2, -0.15) is 5.26 Å². The molecule has 0 saturated carbocycles. The Morgan fingerprint density at radius 3 is 2.19 bits per heavy atom. The quantitative estimate of drug-likeness (QED) is 0.416. The summed E-state index contributed by atoms with van der Waals surface area (Å²) in [6.45, 7) is 11.4. The van der Waals surface area contributed by atoms with Crippen LogP contribution in [0.1, 0.15) is 34.1 Å². The second-order valence-corrected chi connectivity index (χ2v) is 6.55. The van der Waals surface area contributed by atoms with Gasteiger partial charge in [-0.25, -0.2) is 4.67 Å². The summed E-state index contributed by atoms with van der Waals surface area (Å²) in [6, 6.07) is 2.74. The molecule has 0 aromatic carbocycles. The van der Waals surface area contributed by atoms with E-state index in [-0.39, 0.29) is 0 Å². The van der Waals surface area contributed by atoms with E-state index in [1.807, 2.05) is 7.05 Å². The zero-order valence-corrected chi connectivity index (χ0v) is 14.9. The van der Waals surface area contributed by atoms with Crippen LogP contribution in [0, 0.1) is 11.3 Å². The first kappa shape index (κ1) is 20.7. The molecule has 21 heavy (non-hydrogen) atoms. The number of nitrogens with one attached hydrogen (secondary N) is 1. The highest BCUT2D eigenvalue weighted by atomic mass is 31.2. The maximum atomic E-state index is 8.63. The zero-order valence-electron chi connectivity index (χ0n) is 14.0. The number of hydrogen-bond donors (Lipinski definition) is 1. The lowest BCUT2D eigenvalue weighted by atomic mass is 10.3. The summed E-state index contributed by atoms with van der Waals surface area (Å²) in [7, 11) is 0.742. The van der Waals surface area contributed by atoms with Crippen LogP contribution in [0.4, 0.5) is 0 Å². The SMILES string of the molecule is CNCCOCCOP(OCCC#N)N(C(C)C)C(C)C. The number of nitrogens with zero attached hydrogens (tertiary/aromatic N) is 2. The molecule has 0 saturated heterocycles. The molecule has 1 unspecified atom stereocenters. The van der Waals surface area contributed by atoms with E-state index in [2.05, 4.69) is 43.8 Å². The Hall–Kier alpha value is -0.280. The maximum Gasteiger partial charge on any atom is 0.259 e. The van der Waals surface area contributed by atoms with Gasteiger partial charge < -0.3 is 19.1 Å². The summed E-state index contributed by atoms with van der Waals surface area (Å²) in [4.78, 5) is 0. The van der Waals surface area contributed by atoms with Crippen molar-refractivity contribution in [2.45, 2.75) is 46.2 Å². The molecule has 0 aromatic rings. The predicted octanol–water partition coefficient (Wildman–Crippen LogP) is 2.51. The molecule has 0 aliphatic carbocycles. The Labute approximate surface area is 130 Å². The average molecular weight is 319 g/mol. The van der Waals surface area contributed by atoms with E-state index >= 15 is 0 Å². The van der Waals surface area contributed by atoms with Gasteiger partial charge >= 0.3 is 0 Å². The van der Waals surface area contributed by atoms with Crippen LogP contribution in [-0.4, -0.2) is 56.8 Å². The molecule has 0 aromatic heterocycles. The highest BCUT2D eigenvalue weighted by molar-refractivity contribution is 7.44. The van der Waals surface area contributed by atoms with Gasteiger partial charge in [0.1, 0.15) is 0 Å². The molecule has 0 heterocycles. The van der Waals surface area contributed by atoms with Crippen molar-refractivity contribution >= 4 is 8.53 Å². The van der Waals surface area contributed by atoms with Gasteiger partial charge in [-0.3, -0.25) is 0 Å². The lowest BCUT2D eigenvalue weighted by Gasteiger charge is -2.35. The van der Waals surface area contributed by atoms with Gasteiger partial charge in [0.2, 0.25) is 0 Å². The Morgan fingerprint density at radius 1 is 1.05 bits per heavy atom. The Morgan fingerprint density at radius 2 is 1.67 bits per heavy atom. The summed E-state index contributed by atoms with van der Waals surface area (Å²) in [6.07, 6.45) is 0.380. The smallest absolute Gasteiger partial charge is 0.259 e. The van der Waals surface area contributed by atoms with Gasteiger partial charge in [-0.1, -0.05) is 0 Å². The summed E-state index contributed by atoms with van der Waals surface area (Å²) in [5.41, 5.74) is 0. The molecular formula is C14H30N3O3P. The summed E-state index contributed by atoms with van der Waals surface area (Å²) >= 11 is 0. The van der Waals surface area contributed by atoms with Gasteiger partial charge in [0.25, 0.3) is 8.53 Å². The first-order valence-electron chi connectivity index (χ1n) is 7.48. The van der Waals surface area contributed by atoms with E-state index in [1.165, 1.54) is 0 Å². The minimum atomic E-state index is -1.15. The van der Waals surface area contributed by atoms with Crippen LogP contribution < -0.4 is 5.32 Å². The fraction of sp³-hybridized carbons (Fsp3) is 0.929. The summed E-state index contributed by atoms with van der Waals surface area (Å²) in [5, 5.41) is 11.7. The van der Waals surface area contributed by atoms with Crippen molar-refractivity contribution in [3.8, 4) is 6.07 Å². The Bertz CT molecular complexity index is 277. The van der Waals surface area contributed by atoms with Crippen LogP contribution in [0.25, 0.3) is 0 Å². The second kappa shape index (κ2) is 13.4. The van der Waals surface area contributed by atoms with Crippen molar-refractivity contribution in [2.24, 2.45) is 0 Å². The van der Waals surface area contributed by atoms with Crippen LogP contribution >= 0.6 is 8.53 Å². The lowest BCUT2D eigenvalue weighted by molar-refractivity contribution is 0.0899. The molecule has 0 aliphatic heterocycles. The van der Waals surface area contributed by atoms with Gasteiger partial charge in [-0.15, -0.1) is 0 Å². The monoisotopic (exact) mass is 319 g/mol. The van der Waals surface area contributed by atoms with Crippen molar-refractivity contribution < 1.29 is 13.8 Å². The largest absolute Gasteiger partial charge is 0.378 e. The minimum absolute atomic E-state index is 0.323. The topological polar surface area (TPSA) is 66.8 Å². The number of likely N-dealkylation sites (N-methyl/N-ethyl adjacent to an activating group) is 1. The molecule has 7 heteroatoms. The molecule has 124 valence electrons. The predicted molar refractivity (Wildman–Crippen MR) is 85.9 cm³/mol. The van der Waals surface area contributed by atoms with Gasteiger partial charge in [0.05, 0.1) is 38.9 Å². The fourth-order valence-electron chi connectivity index (χ4n) is 1.76. The first-order chi connectivity index (χ1) is 10.0. The van der Waals surface area contributed by atoms with Crippen LogP contribution in [-0.2, 0) is 13.8 Å². The molecule has 0 aliphatic rings. The van der Waals surface area contributed by atoms with Gasteiger partial charge in [0.15, 0.2) is 0 Å². The Kier molecular flexibility index (Phi) is 13.2. The Balaban J connectivity index is 4.27. The van der Waals surface area contributed by atoms with Crippen LogP contribution in [0.15, 0.2) is 0 Å². The van der Waals surface area contributed by atoms with Crippen molar-refractivity contribution in [3.05, 3.63) is 0 Å². The molecule has 6 nitrogen and oxygen atoms in total. The maximum absolute atomic E-state index is 8.63. The van der Waals surface area contributed by atoms with Crippen molar-refractivity contribution in [3.63, 3.8) is 0 Å². The molecule has 0 fully saturated rings. The van der Waals surface area contributed by atoms with Gasteiger partial charge in [-0.05, 0) is 34.7 Å². The summed E-state index contributed by atoms with van der Waals surface area (Å²) < 4.78 is 19.3. The molecule has 0 amide bonds. The molecule has 0 rings (SSSR count). The molecule has 0 spiro atoms. The van der Waals surface area contributed by atoms with E-state index < -0.39 is 8.53 Å². The zero-order chi connectivity index (χ0) is 16.1. The van der Waals surface area contributed by atoms with E-state index in [1.54, 1.807) is 0 Å².